The van der Waals surface area contributed by atoms with Gasteiger partial charge in [-0.25, -0.2) is 4.39 Å². The summed E-state index contributed by atoms with van der Waals surface area (Å²) in [6.07, 6.45) is 11.1. The molecule has 2 aliphatic heterocycles. The number of carbonyl (C=O) groups excluding carboxylic acids is 1. The third-order valence-corrected chi connectivity index (χ3v) is 9.26. The molecule has 2 heterocycles. The Morgan fingerprint density at radius 1 is 1.16 bits per heavy atom. The molecule has 244 valence electrons. The molecular weight excluding hydrogens is 578 g/mol. The minimum Gasteiger partial charge on any atom is -0.369 e. The van der Waals surface area contributed by atoms with Crippen LogP contribution in [-0.4, -0.2) is 29.9 Å². The van der Waals surface area contributed by atoms with E-state index in [4.69, 9.17) is 5.73 Å². The predicted octanol–water partition coefficient (Wildman–Crippen LogP) is 8.95. The maximum atomic E-state index is 16.1. The van der Waals surface area contributed by atoms with Crippen LogP contribution in [0.2, 0.25) is 0 Å². The van der Waals surface area contributed by atoms with Gasteiger partial charge in [-0.15, -0.1) is 0 Å². The molecule has 0 aromatic heterocycles. The Morgan fingerprint density at radius 3 is 2.49 bits per heavy atom. The molecule has 3 aliphatic rings. The number of primary amides is 1. The number of amides is 1. The molecule has 0 spiro atoms. The Hall–Kier alpha value is -3.26. The molecule has 45 heavy (non-hydrogen) atoms. The lowest BCUT2D eigenvalue weighted by Gasteiger charge is -2.21. The van der Waals surface area contributed by atoms with Crippen LogP contribution in [0, 0.1) is 11.8 Å². The van der Waals surface area contributed by atoms with Crippen LogP contribution in [0.3, 0.4) is 0 Å². The van der Waals surface area contributed by atoms with E-state index in [0.29, 0.717) is 43.7 Å². The molecule has 1 aromatic carbocycles. The van der Waals surface area contributed by atoms with Gasteiger partial charge in [0.2, 0.25) is 5.91 Å². The van der Waals surface area contributed by atoms with E-state index >= 15 is 4.39 Å². The molecule has 1 aromatic rings. The lowest BCUT2D eigenvalue weighted by Crippen LogP contribution is -2.16. The Kier molecular flexibility index (Phi) is 12.2. The van der Waals surface area contributed by atoms with E-state index in [0.717, 1.165) is 66.0 Å². The van der Waals surface area contributed by atoms with E-state index < -0.39 is 11.7 Å². The van der Waals surface area contributed by atoms with Crippen LogP contribution in [0.1, 0.15) is 89.7 Å². The molecule has 2 fully saturated rings. The molecule has 3 atom stereocenters. The van der Waals surface area contributed by atoms with Crippen molar-refractivity contribution in [3.63, 3.8) is 0 Å². The lowest BCUT2D eigenvalue weighted by molar-refractivity contribution is -0.117. The van der Waals surface area contributed by atoms with Crippen molar-refractivity contribution in [2.75, 3.05) is 0 Å². The van der Waals surface area contributed by atoms with E-state index in [9.17, 15) is 18.0 Å². The highest BCUT2D eigenvalue weighted by atomic mass is 19.4. The first-order valence-corrected chi connectivity index (χ1v) is 16.3. The van der Waals surface area contributed by atoms with Gasteiger partial charge in [0.1, 0.15) is 5.83 Å². The Labute approximate surface area is 265 Å². The zero-order valence-electron chi connectivity index (χ0n) is 26.7. The van der Waals surface area contributed by atoms with Gasteiger partial charge in [-0.2, -0.15) is 13.2 Å². The number of nitrogens with one attached hydrogen (secondary N) is 1. The van der Waals surface area contributed by atoms with E-state index in [-0.39, 0.29) is 36.2 Å². The third-order valence-electron chi connectivity index (χ3n) is 9.26. The molecule has 0 radical (unpaired) electrons. The second-order valence-electron chi connectivity index (χ2n) is 12.7. The van der Waals surface area contributed by atoms with Crippen molar-refractivity contribution in [1.82, 2.24) is 5.32 Å². The average Bonchev–Trinajstić information content (AvgIpc) is 3.92. The van der Waals surface area contributed by atoms with Crippen LogP contribution < -0.4 is 11.1 Å². The molecular formula is C37H47F4N3O. The highest BCUT2D eigenvalue weighted by Crippen LogP contribution is 2.44. The molecule has 3 N–H and O–H groups in total. The third kappa shape index (κ3) is 10.4. The van der Waals surface area contributed by atoms with Gasteiger partial charge in [0.15, 0.2) is 0 Å². The minimum absolute atomic E-state index is 0.129. The summed E-state index contributed by atoms with van der Waals surface area (Å²) in [6, 6.07) is 7.83. The fourth-order valence-electron chi connectivity index (χ4n) is 6.20. The Morgan fingerprint density at radius 2 is 1.87 bits per heavy atom. The number of alkyl halides is 3. The Balaban J connectivity index is 1.42. The van der Waals surface area contributed by atoms with Crippen LogP contribution in [-0.2, 0) is 17.6 Å². The molecule has 3 unspecified atom stereocenters. The quantitative estimate of drug-likeness (QED) is 0.116. The van der Waals surface area contributed by atoms with E-state index in [1.807, 2.05) is 44.2 Å². The molecule has 4 rings (SSSR count). The Bertz CT molecular complexity index is 1380. The molecule has 1 saturated heterocycles. The topological polar surface area (TPSA) is 77.4 Å². The number of aryl methyl sites for hydroxylation is 1. The minimum atomic E-state index is -4.41. The van der Waals surface area contributed by atoms with Crippen molar-refractivity contribution in [2.24, 2.45) is 22.6 Å². The molecule has 1 aliphatic carbocycles. The molecule has 8 heteroatoms. The lowest BCUT2D eigenvalue weighted by atomic mass is 9.85. The summed E-state index contributed by atoms with van der Waals surface area (Å²) >= 11 is 0. The first kappa shape index (κ1) is 34.6. The second-order valence-corrected chi connectivity index (χ2v) is 12.7. The average molecular weight is 626 g/mol. The van der Waals surface area contributed by atoms with Gasteiger partial charge < -0.3 is 11.1 Å². The fraction of sp³-hybridized carbons (Fsp3) is 0.514. The monoisotopic (exact) mass is 625 g/mol. The van der Waals surface area contributed by atoms with Crippen molar-refractivity contribution in [1.29, 1.82) is 0 Å². The summed E-state index contributed by atoms with van der Waals surface area (Å²) in [7, 11) is 0. The largest absolute Gasteiger partial charge is 0.416 e. The van der Waals surface area contributed by atoms with Gasteiger partial charge in [-0.1, -0.05) is 55.0 Å². The van der Waals surface area contributed by atoms with E-state index in [1.165, 1.54) is 12.2 Å². The number of benzene rings is 1. The van der Waals surface area contributed by atoms with Crippen molar-refractivity contribution in [3.05, 3.63) is 94.0 Å². The maximum absolute atomic E-state index is 16.1. The first-order chi connectivity index (χ1) is 21.5. The predicted molar refractivity (Wildman–Crippen MR) is 174 cm³/mol. The van der Waals surface area contributed by atoms with Gasteiger partial charge in [0.25, 0.3) is 0 Å². The van der Waals surface area contributed by atoms with Gasteiger partial charge in [0.05, 0.1) is 23.7 Å². The zero-order valence-corrected chi connectivity index (χ0v) is 26.7. The van der Waals surface area contributed by atoms with Crippen LogP contribution >= 0.6 is 0 Å². The molecule has 0 bridgehead atoms. The summed E-state index contributed by atoms with van der Waals surface area (Å²) < 4.78 is 57.3. The van der Waals surface area contributed by atoms with Crippen molar-refractivity contribution >= 4 is 11.6 Å². The number of hydrogen-bond acceptors (Lipinski definition) is 3. The number of allylic oxidation sites excluding steroid dienone is 8. The van der Waals surface area contributed by atoms with Crippen LogP contribution in [0.25, 0.3) is 0 Å². The zero-order chi connectivity index (χ0) is 32.6. The summed E-state index contributed by atoms with van der Waals surface area (Å²) in [6.45, 7) is 5.49. The van der Waals surface area contributed by atoms with Gasteiger partial charge in [-0.3, -0.25) is 9.79 Å². The van der Waals surface area contributed by atoms with Gasteiger partial charge in [0, 0.05) is 12.2 Å². The molecule has 4 nitrogen and oxygen atoms in total. The summed E-state index contributed by atoms with van der Waals surface area (Å²) in [5, 5.41) is 3.41. The van der Waals surface area contributed by atoms with Crippen LogP contribution in [0.4, 0.5) is 17.6 Å². The number of aliphatic imine (C=N–C) groups is 1. The number of hydrogen-bond donors (Lipinski definition) is 2. The fourth-order valence-corrected chi connectivity index (χ4v) is 6.20. The molecule has 1 amide bonds. The maximum Gasteiger partial charge on any atom is 0.416 e. The normalized spacial score (nSPS) is 22.2. The second kappa shape index (κ2) is 15.8. The number of nitrogens with zero attached hydrogens (tertiary/aromatic N) is 1. The summed E-state index contributed by atoms with van der Waals surface area (Å²) in [5.41, 5.74) is 9.63. The SMILES string of the molecule is C\C=C/C(=C\C(CC(CCC1=C(F)C(C2NC2CCc2ccc(CC(N)=O)cc2)=NC=CCC1)C1CC1)=C(\C)CC)C(F)(F)F. The standard InChI is InChI=1S/C37H47F4N3O/c1-4-8-31(37(39,40)41)23-30(24(3)5-2)22-29(27-15-16-27)18-17-28-9-6-7-20-43-36(34(28)38)35-32(44-35)19-14-25-10-12-26(13-11-25)21-33(42)45/h4,7-8,10-13,20,23,27,29,32,35,44H,5-6,9,14-19,21-22H2,1-3H3,(H2,42,45)/b8-4-,20-7?,30-24-,31-23+,34-28?,43-36?. The van der Waals surface area contributed by atoms with Crippen LogP contribution in [0.5, 0.6) is 0 Å². The van der Waals surface area contributed by atoms with Gasteiger partial charge in [-0.05, 0) is 118 Å². The van der Waals surface area contributed by atoms with Gasteiger partial charge >= 0.3 is 6.18 Å². The first-order valence-electron chi connectivity index (χ1n) is 16.3. The van der Waals surface area contributed by atoms with Crippen molar-refractivity contribution in [2.45, 2.75) is 110 Å². The highest BCUT2D eigenvalue weighted by molar-refractivity contribution is 6.05. The van der Waals surface area contributed by atoms with E-state index in [2.05, 4.69) is 10.3 Å². The smallest absolute Gasteiger partial charge is 0.369 e. The number of rotatable bonds is 15. The molecule has 1 saturated carbocycles. The van der Waals surface area contributed by atoms with Crippen molar-refractivity contribution in [3.8, 4) is 0 Å². The van der Waals surface area contributed by atoms with E-state index in [1.54, 1.807) is 13.1 Å². The number of carbonyl (C=O) groups is 1. The summed E-state index contributed by atoms with van der Waals surface area (Å²) in [5.74, 6) is 0.0983. The number of nitrogens with two attached hydrogens (primary N) is 1. The van der Waals surface area contributed by atoms with Crippen molar-refractivity contribution < 1.29 is 22.4 Å². The highest BCUT2D eigenvalue weighted by Gasteiger charge is 2.42. The van der Waals surface area contributed by atoms with Crippen LogP contribution in [0.15, 0.2) is 87.9 Å². The summed E-state index contributed by atoms with van der Waals surface area (Å²) in [4.78, 5) is 15.7. The number of halogens is 4.